The molecule has 0 spiro atoms. The Labute approximate surface area is 447 Å². The topological polar surface area (TPSA) is 217 Å². The van der Waals surface area contributed by atoms with Crippen LogP contribution < -0.4 is 0 Å². The van der Waals surface area contributed by atoms with E-state index in [-0.39, 0.29) is 0 Å². The number of nitrogens with one attached hydrogen (secondary N) is 3. The monoisotopic (exact) mass is 1040 g/mol. The Balaban J connectivity index is 0.000000804. The first-order chi connectivity index (χ1) is 35.2. The van der Waals surface area contributed by atoms with Crippen LogP contribution in [0.3, 0.4) is 0 Å². The number of aromatic nitrogens is 17. The van der Waals surface area contributed by atoms with Gasteiger partial charge in [0.2, 0.25) is 0 Å². The Bertz CT molecular complexity index is 1880. The molecule has 0 radical (unpaired) electrons. The van der Waals surface area contributed by atoms with Gasteiger partial charge in [-0.25, -0.2) is 24.9 Å². The number of nitrogens with zero attached hydrogens (tertiary/aromatic N) is 14. The van der Waals surface area contributed by atoms with Gasteiger partial charge in [0.15, 0.2) is 6.39 Å². The Morgan fingerprint density at radius 2 is 1.23 bits per heavy atom. The third kappa shape index (κ3) is 35.3. The average Bonchev–Trinajstić information content (AvgIpc) is 4.23. The van der Waals surface area contributed by atoms with Crippen molar-refractivity contribution >= 4 is 11.3 Å². The molecule has 0 saturated carbocycles. The Hall–Kier alpha value is -6.89. The van der Waals surface area contributed by atoms with Gasteiger partial charge in [-0.05, 0) is 89.0 Å². The van der Waals surface area contributed by atoms with E-state index in [1.54, 1.807) is 72.2 Å². The first-order valence-electron chi connectivity index (χ1n) is 25.4. The van der Waals surface area contributed by atoms with Crippen LogP contribution in [0.15, 0.2) is 140 Å². The highest BCUT2D eigenvalue weighted by atomic mass is 32.1. The molecule has 0 bridgehead atoms. The largest absolute Gasteiger partial charge is 0.448 e. The minimum atomic E-state index is 0.428. The smallest absolute Gasteiger partial charge is 0.180 e. The molecule has 0 fully saturated rings. The van der Waals surface area contributed by atoms with Crippen molar-refractivity contribution < 1.29 is 4.42 Å². The fraction of sp³-hybridized carbons (Fsp3) is 0.509. The summed E-state index contributed by atoms with van der Waals surface area (Å²) >= 11 is 1.72. The van der Waals surface area contributed by atoms with Crippen LogP contribution in [0, 0.1) is 5.92 Å². The molecule has 9 heterocycles. The number of aromatic amines is 3. The van der Waals surface area contributed by atoms with Gasteiger partial charge in [-0.15, -0.1) is 11.3 Å². The fourth-order valence-corrected chi connectivity index (χ4v) is 5.29. The van der Waals surface area contributed by atoms with Crippen LogP contribution in [0.4, 0.5) is 0 Å². The van der Waals surface area contributed by atoms with Crippen molar-refractivity contribution in [2.75, 3.05) is 0 Å². The van der Waals surface area contributed by atoms with Crippen LogP contribution in [-0.2, 0) is 0 Å². The van der Waals surface area contributed by atoms with Gasteiger partial charge in [0.1, 0.15) is 18.4 Å². The van der Waals surface area contributed by atoms with Gasteiger partial charge in [-0.2, -0.15) is 30.7 Å². The van der Waals surface area contributed by atoms with Gasteiger partial charge < -0.3 is 14.0 Å². The first kappa shape index (κ1) is 67.1. The lowest BCUT2D eigenvalue weighted by molar-refractivity contribution is 0.482. The van der Waals surface area contributed by atoms with Crippen LogP contribution in [0.5, 0.6) is 0 Å². The first-order valence-corrected chi connectivity index (χ1v) is 26.3. The molecule has 0 aromatic carbocycles. The number of thiazole rings is 1. The van der Waals surface area contributed by atoms with E-state index in [0.717, 1.165) is 17.4 Å². The summed E-state index contributed by atoms with van der Waals surface area (Å²) in [6.45, 7) is 40.2. The minimum absolute atomic E-state index is 0.428. The SMILES string of the molecule is CC(C)C.CC(C)c1cn[nH]c1.CC(C)c1cn[nH]n1.CC(C)c1cnc[nH]1.CC(C)c1cnco1.CC(C)c1nccs1.CC(C)n1cccn1.CC(C)n1ccnc1.CC(C)n1cncn1.c1ccncc1. The van der Waals surface area contributed by atoms with Gasteiger partial charge >= 0.3 is 0 Å². The lowest BCUT2D eigenvalue weighted by Gasteiger charge is -2.02. The number of hydrogen-bond acceptors (Lipinski definition) is 13. The van der Waals surface area contributed by atoms with Gasteiger partial charge in [-0.3, -0.25) is 19.4 Å². The van der Waals surface area contributed by atoms with E-state index >= 15 is 0 Å². The Kier molecular flexibility index (Phi) is 37.7. The molecule has 9 aromatic heterocycles. The maximum Gasteiger partial charge on any atom is 0.180 e. The van der Waals surface area contributed by atoms with Gasteiger partial charge in [0.25, 0.3) is 0 Å². The third-order valence-electron chi connectivity index (χ3n) is 9.03. The van der Waals surface area contributed by atoms with Crippen LogP contribution in [-0.4, -0.2) is 84.6 Å². The van der Waals surface area contributed by atoms with Gasteiger partial charge in [0.05, 0.1) is 41.9 Å². The lowest BCUT2D eigenvalue weighted by Crippen LogP contribution is -1.99. The van der Waals surface area contributed by atoms with Crippen LogP contribution >= 0.6 is 11.3 Å². The van der Waals surface area contributed by atoms with Gasteiger partial charge in [-0.1, -0.05) is 96.1 Å². The molecule has 0 unspecified atom stereocenters. The molecule has 74 heavy (non-hydrogen) atoms. The standard InChI is InChI=1S/4C6H10N2.C6H9NO.C6H9NS.2C5H9N3.C5H5N.C4H10/c1-5(2)6-3-7-4-8-6;1-5(2)6-3-7-8-4-6;1-6(2)8-4-3-7-5-8;1-6(2)8-5-3-4-7-8;1-5(2)6-3-7-4-8-6;1-5(2)6-7-3-4-8-6;1-5(2)8-4-6-3-7-8;1-4(2)5-3-6-8-7-5;1-2-4-6-5-3-1;1-4(2)3/h2*3-5H,1-2H3,(H,7,8);2*3-6H,1-2H3;3*3-5H,1-2H3;3-4H,1-2H3,(H,6,7,8);1-5H;4H,1-3H3. The van der Waals surface area contributed by atoms with Crippen molar-refractivity contribution in [1.82, 2.24) is 84.6 Å². The van der Waals surface area contributed by atoms with Crippen LogP contribution in [0.1, 0.15) is 207 Å². The van der Waals surface area contributed by atoms with Crippen LogP contribution in [0.2, 0.25) is 0 Å². The highest BCUT2D eigenvalue weighted by molar-refractivity contribution is 7.09. The number of imidazole rings is 2. The summed E-state index contributed by atoms with van der Waals surface area (Å²) in [6, 6.07) is 9.10. The summed E-state index contributed by atoms with van der Waals surface area (Å²) < 4.78 is 10.8. The average molecular weight is 1040 g/mol. The molecule has 0 aliphatic heterocycles. The van der Waals surface area contributed by atoms with Crippen molar-refractivity contribution in [2.24, 2.45) is 5.92 Å². The normalized spacial score (nSPS) is 10.1. The second-order valence-electron chi connectivity index (χ2n) is 19.4. The zero-order valence-corrected chi connectivity index (χ0v) is 48.8. The highest BCUT2D eigenvalue weighted by Crippen LogP contribution is 2.15. The summed E-state index contributed by atoms with van der Waals surface area (Å²) in [4.78, 5) is 26.3. The summed E-state index contributed by atoms with van der Waals surface area (Å²) in [7, 11) is 0. The van der Waals surface area contributed by atoms with E-state index in [1.807, 2.05) is 77.8 Å². The quantitative estimate of drug-likeness (QED) is 0.129. The summed E-state index contributed by atoms with van der Waals surface area (Å²) in [5.41, 5.74) is 3.49. The molecule has 3 N–H and O–H groups in total. The predicted octanol–water partition coefficient (Wildman–Crippen LogP) is 14.6. The van der Waals surface area contributed by atoms with Crippen molar-refractivity contribution in [3.8, 4) is 0 Å². The molecule has 0 amide bonds. The van der Waals surface area contributed by atoms with Crippen molar-refractivity contribution in [1.29, 1.82) is 0 Å². The molecule has 18 nitrogen and oxygen atoms in total. The third-order valence-corrected chi connectivity index (χ3v) is 10.1. The summed E-state index contributed by atoms with van der Waals surface area (Å²) in [5.74, 6) is 4.47. The van der Waals surface area contributed by atoms with E-state index in [2.05, 4.69) is 207 Å². The fourth-order valence-electron chi connectivity index (χ4n) is 4.64. The number of H-pyrrole nitrogens is 3. The van der Waals surface area contributed by atoms with Crippen LogP contribution in [0.25, 0.3) is 0 Å². The maximum absolute atomic E-state index is 4.98. The Morgan fingerprint density at radius 1 is 0.541 bits per heavy atom. The van der Waals surface area contributed by atoms with Crippen molar-refractivity contribution in [2.45, 2.75) is 179 Å². The molecule has 0 atom stereocenters. The zero-order valence-electron chi connectivity index (χ0n) is 48.0. The summed E-state index contributed by atoms with van der Waals surface area (Å²) in [6.07, 6.45) is 30.2. The van der Waals surface area contributed by atoms with E-state index in [9.17, 15) is 0 Å². The number of rotatable bonds is 8. The second kappa shape index (κ2) is 41.6. The van der Waals surface area contributed by atoms with Gasteiger partial charge in [0, 0.05) is 96.8 Å². The number of hydrogen-bond donors (Lipinski definition) is 3. The number of pyridine rings is 1. The molecule has 19 heteroatoms. The Morgan fingerprint density at radius 3 is 1.46 bits per heavy atom. The minimum Gasteiger partial charge on any atom is -0.448 e. The van der Waals surface area contributed by atoms with Crippen molar-refractivity contribution in [3.63, 3.8) is 0 Å². The molecule has 0 aliphatic rings. The second-order valence-corrected chi connectivity index (χ2v) is 20.3. The van der Waals surface area contributed by atoms with Crippen molar-refractivity contribution in [3.05, 3.63) is 163 Å². The lowest BCUT2D eigenvalue weighted by atomic mass is 10.1. The highest BCUT2D eigenvalue weighted by Gasteiger charge is 2.01. The molecule has 408 valence electrons. The molecule has 0 aliphatic carbocycles. The molecule has 9 aromatic rings. The molecular formula is C55H91N17OS. The zero-order chi connectivity index (χ0) is 55.7. The van der Waals surface area contributed by atoms with E-state index < -0.39 is 0 Å². The van der Waals surface area contributed by atoms with E-state index in [4.69, 9.17) is 4.42 Å². The summed E-state index contributed by atoms with van der Waals surface area (Å²) in [5, 5.41) is 27.9. The number of oxazole rings is 1. The maximum atomic E-state index is 4.98. The van der Waals surface area contributed by atoms with E-state index in [0.29, 0.717) is 47.7 Å². The molecule has 9 rings (SSSR count). The molecular weight excluding hydrogens is 947 g/mol. The predicted molar refractivity (Wildman–Crippen MR) is 303 cm³/mol. The van der Waals surface area contributed by atoms with E-state index in [1.165, 1.54) is 22.7 Å². The molecule has 0 saturated heterocycles.